The Balaban J connectivity index is 3.24. The molecule has 0 bridgehead atoms. The Kier molecular flexibility index (Phi) is 5.28. The van der Waals surface area contributed by atoms with Gasteiger partial charge in [-0.2, -0.15) is 4.31 Å². The first-order valence-electron chi connectivity index (χ1n) is 5.40. The van der Waals surface area contributed by atoms with Gasteiger partial charge < -0.3 is 10.8 Å². The first-order chi connectivity index (χ1) is 8.71. The van der Waals surface area contributed by atoms with Crippen molar-refractivity contribution in [2.45, 2.75) is 17.9 Å². The number of hydrogen-bond acceptors (Lipinski definition) is 4. The summed E-state index contributed by atoms with van der Waals surface area (Å²) in [4.78, 5) is 0.131. The molecule has 0 fully saturated rings. The van der Waals surface area contributed by atoms with E-state index in [1.165, 1.54) is 25.2 Å². The SMILES string of the molecule is CC(CO)N(C)S(=O)(=O)c1ccc(C(N)=S)c(Cl)c1. The summed E-state index contributed by atoms with van der Waals surface area (Å²) in [6.45, 7) is 1.33. The molecule has 0 spiro atoms. The van der Waals surface area contributed by atoms with Crippen molar-refractivity contribution in [1.82, 2.24) is 4.31 Å². The van der Waals surface area contributed by atoms with Gasteiger partial charge in [0.15, 0.2) is 0 Å². The molecule has 0 saturated heterocycles. The minimum atomic E-state index is -3.71. The molecule has 0 aromatic heterocycles. The van der Waals surface area contributed by atoms with E-state index in [0.717, 1.165) is 4.31 Å². The minimum absolute atomic E-state index is 0.0281. The molecule has 1 atom stereocenters. The van der Waals surface area contributed by atoms with Gasteiger partial charge in [0.05, 0.1) is 16.5 Å². The highest BCUT2D eigenvalue weighted by Gasteiger charge is 2.25. The second-order valence-electron chi connectivity index (χ2n) is 4.06. The van der Waals surface area contributed by atoms with Crippen LogP contribution in [0.2, 0.25) is 5.02 Å². The van der Waals surface area contributed by atoms with Crippen LogP contribution in [0.3, 0.4) is 0 Å². The third kappa shape index (κ3) is 3.43. The van der Waals surface area contributed by atoms with Crippen LogP contribution in [0.1, 0.15) is 12.5 Å². The highest BCUT2D eigenvalue weighted by atomic mass is 35.5. The quantitative estimate of drug-likeness (QED) is 0.789. The van der Waals surface area contributed by atoms with Gasteiger partial charge >= 0.3 is 0 Å². The Morgan fingerprint density at radius 2 is 2.16 bits per heavy atom. The summed E-state index contributed by atoms with van der Waals surface area (Å²) in [5.74, 6) is 0. The summed E-state index contributed by atoms with van der Waals surface area (Å²) >= 11 is 10.7. The predicted octanol–water partition coefficient (Wildman–Crippen LogP) is 0.976. The number of hydrogen-bond donors (Lipinski definition) is 2. The molecular weight excluding hydrogens is 308 g/mol. The van der Waals surface area contributed by atoms with Crippen molar-refractivity contribution in [2.24, 2.45) is 5.73 Å². The van der Waals surface area contributed by atoms with Crippen molar-refractivity contribution in [2.75, 3.05) is 13.7 Å². The first kappa shape index (κ1) is 16.3. The molecule has 0 heterocycles. The lowest BCUT2D eigenvalue weighted by atomic mass is 10.2. The Morgan fingerprint density at radius 1 is 1.58 bits per heavy atom. The zero-order chi connectivity index (χ0) is 14.8. The number of sulfonamides is 1. The van der Waals surface area contributed by atoms with E-state index in [4.69, 9.17) is 34.7 Å². The molecule has 106 valence electrons. The number of aliphatic hydroxyl groups excluding tert-OH is 1. The van der Waals surface area contributed by atoms with Gasteiger partial charge in [0.1, 0.15) is 4.99 Å². The summed E-state index contributed by atoms with van der Waals surface area (Å²) in [6.07, 6.45) is 0. The van der Waals surface area contributed by atoms with Crippen LogP contribution in [0.4, 0.5) is 0 Å². The van der Waals surface area contributed by atoms with Gasteiger partial charge in [-0.25, -0.2) is 8.42 Å². The maximum atomic E-state index is 12.3. The lowest BCUT2D eigenvalue weighted by Gasteiger charge is -2.22. The van der Waals surface area contributed by atoms with Crippen LogP contribution in [0, 0.1) is 0 Å². The van der Waals surface area contributed by atoms with E-state index in [-0.39, 0.29) is 21.5 Å². The summed E-state index contributed by atoms with van der Waals surface area (Å²) in [7, 11) is -2.32. The molecule has 1 aromatic rings. The van der Waals surface area contributed by atoms with Crippen molar-refractivity contribution in [3.8, 4) is 0 Å². The minimum Gasteiger partial charge on any atom is -0.395 e. The van der Waals surface area contributed by atoms with Gasteiger partial charge in [-0.05, 0) is 25.1 Å². The fourth-order valence-corrected chi connectivity index (χ4v) is 3.34. The zero-order valence-corrected chi connectivity index (χ0v) is 12.9. The van der Waals surface area contributed by atoms with Gasteiger partial charge in [-0.15, -0.1) is 0 Å². The predicted molar refractivity (Wildman–Crippen MR) is 78.8 cm³/mol. The monoisotopic (exact) mass is 322 g/mol. The van der Waals surface area contributed by atoms with Crippen molar-refractivity contribution < 1.29 is 13.5 Å². The van der Waals surface area contributed by atoms with Crippen LogP contribution in [0.15, 0.2) is 23.1 Å². The zero-order valence-electron chi connectivity index (χ0n) is 10.5. The van der Waals surface area contributed by atoms with Gasteiger partial charge in [-0.1, -0.05) is 23.8 Å². The standard InChI is InChI=1S/C11H15ClN2O3S2/c1-7(6-15)14(2)19(16,17)8-3-4-9(11(13)18)10(12)5-8/h3-5,7,15H,6H2,1-2H3,(H2,13,18). The van der Waals surface area contributed by atoms with Gasteiger partial charge in [-0.3, -0.25) is 0 Å². The highest BCUT2D eigenvalue weighted by molar-refractivity contribution is 7.89. The molecule has 0 radical (unpaired) electrons. The maximum absolute atomic E-state index is 12.3. The van der Waals surface area contributed by atoms with E-state index >= 15 is 0 Å². The summed E-state index contributed by atoms with van der Waals surface area (Å²) in [6, 6.07) is 3.62. The molecule has 1 rings (SSSR count). The van der Waals surface area contributed by atoms with Crippen molar-refractivity contribution in [3.05, 3.63) is 28.8 Å². The maximum Gasteiger partial charge on any atom is 0.243 e. The molecule has 0 aliphatic heterocycles. The van der Waals surface area contributed by atoms with E-state index in [0.29, 0.717) is 5.56 Å². The Bertz CT molecular complexity index is 590. The number of nitrogens with zero attached hydrogens (tertiary/aromatic N) is 1. The van der Waals surface area contributed by atoms with Crippen LogP contribution in [0.25, 0.3) is 0 Å². The fraction of sp³-hybridized carbons (Fsp3) is 0.364. The Morgan fingerprint density at radius 3 is 2.58 bits per heavy atom. The van der Waals surface area contributed by atoms with Crippen molar-refractivity contribution >= 4 is 38.8 Å². The number of aliphatic hydroxyl groups is 1. The number of thiocarbonyl (C=S) groups is 1. The first-order valence-corrected chi connectivity index (χ1v) is 7.62. The molecule has 0 saturated carbocycles. The van der Waals surface area contributed by atoms with Crippen LogP contribution in [-0.2, 0) is 10.0 Å². The molecule has 19 heavy (non-hydrogen) atoms. The number of rotatable bonds is 5. The number of halogens is 1. The second kappa shape index (κ2) is 6.15. The Hall–Kier alpha value is -0.730. The molecule has 0 amide bonds. The lowest BCUT2D eigenvalue weighted by Crippen LogP contribution is -2.37. The van der Waals surface area contributed by atoms with E-state index in [2.05, 4.69) is 0 Å². The average Bonchev–Trinajstić information content (AvgIpc) is 2.36. The third-order valence-electron chi connectivity index (χ3n) is 2.77. The fourth-order valence-electron chi connectivity index (χ4n) is 1.37. The summed E-state index contributed by atoms with van der Waals surface area (Å²) < 4.78 is 25.6. The van der Waals surface area contributed by atoms with Gasteiger partial charge in [0.2, 0.25) is 10.0 Å². The second-order valence-corrected chi connectivity index (χ2v) is 6.90. The Labute approximate surface area is 123 Å². The smallest absolute Gasteiger partial charge is 0.243 e. The number of benzene rings is 1. The van der Waals surface area contributed by atoms with Gasteiger partial charge in [0.25, 0.3) is 0 Å². The van der Waals surface area contributed by atoms with Crippen molar-refractivity contribution in [3.63, 3.8) is 0 Å². The molecule has 3 N–H and O–H groups in total. The molecule has 5 nitrogen and oxygen atoms in total. The summed E-state index contributed by atoms with van der Waals surface area (Å²) in [5, 5.41) is 9.20. The molecule has 8 heteroatoms. The molecule has 1 unspecified atom stereocenters. The molecule has 0 aliphatic carbocycles. The normalized spacial score (nSPS) is 13.5. The lowest BCUT2D eigenvalue weighted by molar-refractivity contribution is 0.214. The topological polar surface area (TPSA) is 83.6 Å². The summed E-state index contributed by atoms with van der Waals surface area (Å²) in [5.41, 5.74) is 5.88. The van der Waals surface area contributed by atoms with Crippen LogP contribution in [-0.4, -0.2) is 42.5 Å². The largest absolute Gasteiger partial charge is 0.395 e. The van der Waals surface area contributed by atoms with Crippen LogP contribution in [0.5, 0.6) is 0 Å². The van der Waals surface area contributed by atoms with E-state index < -0.39 is 16.1 Å². The average molecular weight is 323 g/mol. The number of likely N-dealkylation sites (N-methyl/N-ethyl adjacent to an activating group) is 1. The van der Waals surface area contributed by atoms with Gasteiger partial charge in [0, 0.05) is 18.7 Å². The number of nitrogens with two attached hydrogens (primary N) is 1. The molecule has 1 aromatic carbocycles. The highest BCUT2D eigenvalue weighted by Crippen LogP contribution is 2.23. The van der Waals surface area contributed by atoms with E-state index in [9.17, 15) is 8.42 Å². The van der Waals surface area contributed by atoms with Crippen LogP contribution >= 0.6 is 23.8 Å². The van der Waals surface area contributed by atoms with E-state index in [1.807, 2.05) is 0 Å². The molecular formula is C11H15ClN2O3S2. The van der Waals surface area contributed by atoms with Crippen molar-refractivity contribution in [1.29, 1.82) is 0 Å². The van der Waals surface area contributed by atoms with E-state index in [1.54, 1.807) is 6.92 Å². The third-order valence-corrected chi connectivity index (χ3v) is 5.27. The van der Waals surface area contributed by atoms with Crippen LogP contribution < -0.4 is 5.73 Å². The molecule has 0 aliphatic rings.